The largest absolute Gasteiger partial charge is 0.350 e. The summed E-state index contributed by atoms with van der Waals surface area (Å²) in [4.78, 5) is 11.3. The van der Waals surface area contributed by atoms with Gasteiger partial charge in [0, 0.05) is 13.5 Å². The molecule has 3 nitrogen and oxygen atoms in total. The quantitative estimate of drug-likeness (QED) is 0.825. The molecule has 1 fully saturated rings. The van der Waals surface area contributed by atoms with Gasteiger partial charge in [-0.25, -0.2) is 0 Å². The van der Waals surface area contributed by atoms with Gasteiger partial charge in [0.25, 0.3) is 0 Å². The summed E-state index contributed by atoms with van der Waals surface area (Å²) in [6.07, 6.45) is 3.05. The van der Waals surface area contributed by atoms with Crippen LogP contribution in [0.1, 0.15) is 25.3 Å². The molecule has 0 saturated carbocycles. The zero-order valence-corrected chi connectivity index (χ0v) is 10.3. The molecule has 92 valence electrons. The highest BCUT2D eigenvalue weighted by atomic mass is 16.1. The van der Waals surface area contributed by atoms with Crippen LogP contribution in [0.15, 0.2) is 30.3 Å². The Morgan fingerprint density at radius 2 is 2.18 bits per heavy atom. The fraction of sp³-hybridized carbons (Fsp3) is 0.500. The van der Waals surface area contributed by atoms with E-state index in [1.807, 2.05) is 6.07 Å². The first kappa shape index (κ1) is 12.1. The van der Waals surface area contributed by atoms with Crippen LogP contribution in [0, 0.1) is 0 Å². The molecule has 1 aliphatic heterocycles. The summed E-state index contributed by atoms with van der Waals surface area (Å²) in [5.41, 5.74) is 1.30. The van der Waals surface area contributed by atoms with Crippen molar-refractivity contribution in [3.05, 3.63) is 35.9 Å². The number of nitrogens with one attached hydrogen (secondary N) is 2. The van der Waals surface area contributed by atoms with E-state index in [4.69, 9.17) is 0 Å². The maximum absolute atomic E-state index is 11.3. The Hall–Kier alpha value is -1.35. The fourth-order valence-corrected chi connectivity index (χ4v) is 2.53. The Balaban J connectivity index is 1.96. The highest BCUT2D eigenvalue weighted by Gasteiger charge is 2.33. The van der Waals surface area contributed by atoms with E-state index < -0.39 is 0 Å². The summed E-state index contributed by atoms with van der Waals surface area (Å²) in [6, 6.07) is 10.4. The average Bonchev–Trinajstić information content (AvgIpc) is 2.76. The van der Waals surface area contributed by atoms with Gasteiger partial charge >= 0.3 is 0 Å². The molecule has 0 radical (unpaired) electrons. The van der Waals surface area contributed by atoms with Crippen LogP contribution in [-0.4, -0.2) is 24.5 Å². The third kappa shape index (κ3) is 3.30. The van der Waals surface area contributed by atoms with E-state index >= 15 is 0 Å². The molecule has 0 spiro atoms. The van der Waals surface area contributed by atoms with Crippen LogP contribution in [-0.2, 0) is 11.2 Å². The minimum atomic E-state index is -0.0400. The van der Waals surface area contributed by atoms with Gasteiger partial charge in [-0.2, -0.15) is 0 Å². The molecule has 0 aliphatic carbocycles. The SMILES string of the molecule is CC(=O)NC1(CCc2ccccc2)CCNC1. The van der Waals surface area contributed by atoms with Gasteiger partial charge in [0.15, 0.2) is 0 Å². The monoisotopic (exact) mass is 232 g/mol. The van der Waals surface area contributed by atoms with E-state index in [-0.39, 0.29) is 11.4 Å². The standard InChI is InChI=1S/C14H20N2O/c1-12(17)16-14(9-10-15-11-14)8-7-13-5-3-2-4-6-13/h2-6,15H,7-11H2,1H3,(H,16,17). The van der Waals surface area contributed by atoms with Gasteiger partial charge in [0.2, 0.25) is 5.91 Å². The molecule has 2 rings (SSSR count). The second-order valence-electron chi connectivity index (χ2n) is 4.87. The van der Waals surface area contributed by atoms with E-state index in [2.05, 4.69) is 34.9 Å². The highest BCUT2D eigenvalue weighted by molar-refractivity contribution is 5.74. The van der Waals surface area contributed by atoms with Gasteiger partial charge in [0.05, 0.1) is 5.54 Å². The van der Waals surface area contributed by atoms with Crippen molar-refractivity contribution in [2.45, 2.75) is 31.7 Å². The third-order valence-electron chi connectivity index (χ3n) is 3.42. The molecular formula is C14H20N2O. The summed E-state index contributed by atoms with van der Waals surface area (Å²) >= 11 is 0. The fourth-order valence-electron chi connectivity index (χ4n) is 2.53. The van der Waals surface area contributed by atoms with Gasteiger partial charge < -0.3 is 10.6 Å². The van der Waals surface area contributed by atoms with E-state index in [0.29, 0.717) is 0 Å². The van der Waals surface area contributed by atoms with Crippen LogP contribution in [0.5, 0.6) is 0 Å². The number of carbonyl (C=O) groups excluding carboxylic acids is 1. The van der Waals surface area contributed by atoms with E-state index in [1.165, 1.54) is 5.56 Å². The van der Waals surface area contributed by atoms with Crippen molar-refractivity contribution < 1.29 is 4.79 Å². The van der Waals surface area contributed by atoms with Crippen LogP contribution >= 0.6 is 0 Å². The van der Waals surface area contributed by atoms with Crippen molar-refractivity contribution in [1.82, 2.24) is 10.6 Å². The number of rotatable bonds is 4. The van der Waals surface area contributed by atoms with E-state index in [9.17, 15) is 4.79 Å². The molecule has 1 aromatic rings. The van der Waals surface area contributed by atoms with Crippen molar-refractivity contribution in [1.29, 1.82) is 0 Å². The van der Waals surface area contributed by atoms with Crippen molar-refractivity contribution in [3.63, 3.8) is 0 Å². The molecule has 1 aromatic carbocycles. The number of hydrogen-bond acceptors (Lipinski definition) is 2. The van der Waals surface area contributed by atoms with Crippen LogP contribution in [0.25, 0.3) is 0 Å². The molecule has 1 heterocycles. The minimum Gasteiger partial charge on any atom is -0.350 e. The maximum atomic E-state index is 11.3. The Kier molecular flexibility index (Phi) is 3.79. The molecule has 1 saturated heterocycles. The van der Waals surface area contributed by atoms with Crippen LogP contribution in [0.4, 0.5) is 0 Å². The molecule has 3 heteroatoms. The molecule has 0 aromatic heterocycles. The van der Waals surface area contributed by atoms with Gasteiger partial charge in [-0.05, 0) is 31.4 Å². The lowest BCUT2D eigenvalue weighted by Gasteiger charge is -2.29. The van der Waals surface area contributed by atoms with Gasteiger partial charge in [0.1, 0.15) is 0 Å². The molecular weight excluding hydrogens is 212 g/mol. The molecule has 17 heavy (non-hydrogen) atoms. The zero-order valence-electron chi connectivity index (χ0n) is 10.3. The lowest BCUT2D eigenvalue weighted by atomic mass is 9.90. The lowest BCUT2D eigenvalue weighted by Crippen LogP contribution is -2.49. The smallest absolute Gasteiger partial charge is 0.217 e. The first-order chi connectivity index (χ1) is 8.20. The molecule has 1 aliphatic rings. The minimum absolute atomic E-state index is 0.0400. The number of aryl methyl sites for hydroxylation is 1. The summed E-state index contributed by atoms with van der Waals surface area (Å²) in [6.45, 7) is 3.48. The number of amides is 1. The number of benzene rings is 1. The summed E-state index contributed by atoms with van der Waals surface area (Å²) in [5, 5.41) is 6.46. The lowest BCUT2D eigenvalue weighted by molar-refractivity contribution is -0.120. The predicted octanol–water partition coefficient (Wildman–Crippen LogP) is 1.49. The molecule has 0 bridgehead atoms. The van der Waals surface area contributed by atoms with Crippen LogP contribution in [0.2, 0.25) is 0 Å². The van der Waals surface area contributed by atoms with Gasteiger partial charge in [-0.1, -0.05) is 30.3 Å². The highest BCUT2D eigenvalue weighted by Crippen LogP contribution is 2.21. The van der Waals surface area contributed by atoms with Gasteiger partial charge in [-0.3, -0.25) is 4.79 Å². The Labute approximate surface area is 103 Å². The summed E-state index contributed by atoms with van der Waals surface area (Å²) < 4.78 is 0. The van der Waals surface area contributed by atoms with Crippen molar-refractivity contribution in [2.24, 2.45) is 0 Å². The zero-order chi connectivity index (χ0) is 12.1. The Morgan fingerprint density at radius 1 is 1.41 bits per heavy atom. The molecule has 1 atom stereocenters. The first-order valence-electron chi connectivity index (χ1n) is 6.24. The maximum Gasteiger partial charge on any atom is 0.217 e. The Bertz CT molecular complexity index is 369. The summed E-state index contributed by atoms with van der Waals surface area (Å²) in [5.74, 6) is 0.0711. The third-order valence-corrected chi connectivity index (χ3v) is 3.42. The van der Waals surface area contributed by atoms with Crippen molar-refractivity contribution in [3.8, 4) is 0 Å². The topological polar surface area (TPSA) is 41.1 Å². The molecule has 1 amide bonds. The van der Waals surface area contributed by atoms with E-state index in [0.717, 1.165) is 32.4 Å². The molecule has 2 N–H and O–H groups in total. The van der Waals surface area contributed by atoms with Crippen LogP contribution < -0.4 is 10.6 Å². The average molecular weight is 232 g/mol. The summed E-state index contributed by atoms with van der Waals surface area (Å²) in [7, 11) is 0. The van der Waals surface area contributed by atoms with Crippen molar-refractivity contribution in [2.75, 3.05) is 13.1 Å². The number of carbonyl (C=O) groups is 1. The Morgan fingerprint density at radius 3 is 2.76 bits per heavy atom. The second kappa shape index (κ2) is 5.32. The second-order valence-corrected chi connectivity index (χ2v) is 4.87. The van der Waals surface area contributed by atoms with Crippen molar-refractivity contribution >= 4 is 5.91 Å². The van der Waals surface area contributed by atoms with E-state index in [1.54, 1.807) is 6.92 Å². The molecule has 1 unspecified atom stereocenters. The number of hydrogen-bond donors (Lipinski definition) is 2. The normalized spacial score (nSPS) is 23.6. The predicted molar refractivity (Wildman–Crippen MR) is 68.8 cm³/mol. The van der Waals surface area contributed by atoms with Crippen LogP contribution in [0.3, 0.4) is 0 Å². The van der Waals surface area contributed by atoms with Gasteiger partial charge in [-0.15, -0.1) is 0 Å². The first-order valence-corrected chi connectivity index (χ1v) is 6.24.